The van der Waals surface area contributed by atoms with Gasteiger partial charge in [0.1, 0.15) is 0 Å². The summed E-state index contributed by atoms with van der Waals surface area (Å²) in [7, 11) is 1.35. The van der Waals surface area contributed by atoms with Crippen LogP contribution in [-0.2, 0) is 25.5 Å². The van der Waals surface area contributed by atoms with E-state index in [-0.39, 0.29) is 12.4 Å². The smallest absolute Gasteiger partial charge is 0.330 e. The molecular formula is C14H16O4. The maximum Gasteiger partial charge on any atom is 0.330 e. The van der Waals surface area contributed by atoms with Gasteiger partial charge in [-0.1, -0.05) is 24.3 Å². The summed E-state index contributed by atoms with van der Waals surface area (Å²) >= 11 is 0. The Kier molecular flexibility index (Phi) is 5.64. The van der Waals surface area contributed by atoms with Crippen LogP contribution < -0.4 is 0 Å². The standard InChI is InChI=1S/C14H16O4/c1-3-18-13(15)9-8-11-6-4-5-7-12(11)10-14(16)17-2/h4-9H,3,10H2,1-2H3/b9-8+. The molecule has 18 heavy (non-hydrogen) atoms. The molecule has 0 saturated carbocycles. The van der Waals surface area contributed by atoms with Crippen molar-refractivity contribution in [3.8, 4) is 0 Å². The molecule has 0 spiro atoms. The van der Waals surface area contributed by atoms with Gasteiger partial charge in [0.2, 0.25) is 0 Å². The summed E-state index contributed by atoms with van der Waals surface area (Å²) in [5.41, 5.74) is 1.61. The molecule has 0 N–H and O–H groups in total. The van der Waals surface area contributed by atoms with Gasteiger partial charge in [0.25, 0.3) is 0 Å². The zero-order chi connectivity index (χ0) is 13.4. The largest absolute Gasteiger partial charge is 0.469 e. The van der Waals surface area contributed by atoms with Crippen LogP contribution in [-0.4, -0.2) is 25.7 Å². The molecule has 1 aromatic rings. The van der Waals surface area contributed by atoms with E-state index in [4.69, 9.17) is 4.74 Å². The van der Waals surface area contributed by atoms with Crippen LogP contribution in [0.15, 0.2) is 30.3 Å². The molecule has 0 atom stereocenters. The summed E-state index contributed by atoms with van der Waals surface area (Å²) in [4.78, 5) is 22.4. The summed E-state index contributed by atoms with van der Waals surface area (Å²) in [5, 5.41) is 0. The maximum atomic E-state index is 11.2. The van der Waals surface area contributed by atoms with Gasteiger partial charge in [-0.2, -0.15) is 0 Å². The van der Waals surface area contributed by atoms with Crippen LogP contribution in [0.2, 0.25) is 0 Å². The van der Waals surface area contributed by atoms with E-state index in [9.17, 15) is 9.59 Å². The number of esters is 2. The monoisotopic (exact) mass is 248 g/mol. The number of benzene rings is 1. The van der Waals surface area contributed by atoms with Crippen LogP contribution >= 0.6 is 0 Å². The molecule has 0 amide bonds. The van der Waals surface area contributed by atoms with Gasteiger partial charge in [-0.05, 0) is 24.1 Å². The Labute approximate surface area is 106 Å². The molecule has 1 rings (SSSR count). The molecule has 0 saturated heterocycles. The number of carbonyl (C=O) groups excluding carboxylic acids is 2. The Morgan fingerprint density at radius 3 is 2.67 bits per heavy atom. The number of methoxy groups -OCH3 is 1. The molecule has 0 aliphatic heterocycles. The third-order valence-electron chi connectivity index (χ3n) is 2.30. The van der Waals surface area contributed by atoms with E-state index in [2.05, 4.69) is 4.74 Å². The van der Waals surface area contributed by atoms with Crippen molar-refractivity contribution in [2.24, 2.45) is 0 Å². The highest BCUT2D eigenvalue weighted by molar-refractivity contribution is 5.87. The second kappa shape index (κ2) is 7.27. The van der Waals surface area contributed by atoms with Gasteiger partial charge in [-0.25, -0.2) is 4.79 Å². The van der Waals surface area contributed by atoms with Gasteiger partial charge in [0.15, 0.2) is 0 Å². The predicted octanol–water partition coefficient (Wildman–Crippen LogP) is 1.98. The molecule has 0 radical (unpaired) electrons. The molecule has 0 bridgehead atoms. The van der Waals surface area contributed by atoms with Crippen molar-refractivity contribution in [3.63, 3.8) is 0 Å². The average molecular weight is 248 g/mol. The fourth-order valence-electron chi connectivity index (χ4n) is 1.43. The molecule has 0 heterocycles. The first kappa shape index (κ1) is 14.0. The minimum atomic E-state index is -0.398. The number of ether oxygens (including phenoxy) is 2. The van der Waals surface area contributed by atoms with Crippen molar-refractivity contribution in [3.05, 3.63) is 41.5 Å². The quantitative estimate of drug-likeness (QED) is 0.590. The van der Waals surface area contributed by atoms with E-state index in [0.717, 1.165) is 11.1 Å². The lowest BCUT2D eigenvalue weighted by Crippen LogP contribution is -2.05. The Morgan fingerprint density at radius 1 is 1.28 bits per heavy atom. The van der Waals surface area contributed by atoms with Crippen molar-refractivity contribution in [2.75, 3.05) is 13.7 Å². The van der Waals surface area contributed by atoms with Gasteiger partial charge in [0, 0.05) is 6.08 Å². The van der Waals surface area contributed by atoms with Crippen molar-refractivity contribution in [2.45, 2.75) is 13.3 Å². The first-order valence-electron chi connectivity index (χ1n) is 5.67. The number of hydrogen-bond acceptors (Lipinski definition) is 4. The summed E-state index contributed by atoms with van der Waals surface area (Å²) in [5.74, 6) is -0.711. The Bertz CT molecular complexity index is 449. The first-order chi connectivity index (χ1) is 8.67. The van der Waals surface area contributed by atoms with E-state index >= 15 is 0 Å². The lowest BCUT2D eigenvalue weighted by Gasteiger charge is -2.04. The molecule has 0 unspecified atom stereocenters. The van der Waals surface area contributed by atoms with Crippen molar-refractivity contribution >= 4 is 18.0 Å². The van der Waals surface area contributed by atoms with Gasteiger partial charge in [-0.15, -0.1) is 0 Å². The lowest BCUT2D eigenvalue weighted by atomic mass is 10.0. The minimum Gasteiger partial charge on any atom is -0.469 e. The molecule has 0 fully saturated rings. The summed E-state index contributed by atoms with van der Waals surface area (Å²) < 4.78 is 9.41. The Hall–Kier alpha value is -2.10. The SMILES string of the molecule is CCOC(=O)/C=C/c1ccccc1CC(=O)OC. The molecule has 0 aromatic heterocycles. The van der Waals surface area contributed by atoms with Crippen LogP contribution in [0.1, 0.15) is 18.1 Å². The van der Waals surface area contributed by atoms with E-state index in [0.29, 0.717) is 6.61 Å². The zero-order valence-corrected chi connectivity index (χ0v) is 10.5. The minimum absolute atomic E-state index is 0.180. The molecular weight excluding hydrogens is 232 g/mol. The van der Waals surface area contributed by atoms with Crippen LogP contribution in [0.5, 0.6) is 0 Å². The number of rotatable bonds is 5. The fourth-order valence-corrected chi connectivity index (χ4v) is 1.43. The first-order valence-corrected chi connectivity index (χ1v) is 5.67. The molecule has 4 heteroatoms. The highest BCUT2D eigenvalue weighted by Crippen LogP contribution is 2.12. The van der Waals surface area contributed by atoms with Gasteiger partial charge < -0.3 is 9.47 Å². The van der Waals surface area contributed by atoms with Crippen LogP contribution in [0.4, 0.5) is 0 Å². The molecule has 96 valence electrons. The highest BCUT2D eigenvalue weighted by Gasteiger charge is 2.06. The Morgan fingerprint density at radius 2 is 2.00 bits per heavy atom. The fraction of sp³-hybridized carbons (Fsp3) is 0.286. The molecule has 4 nitrogen and oxygen atoms in total. The van der Waals surface area contributed by atoms with Gasteiger partial charge in [0.05, 0.1) is 20.1 Å². The zero-order valence-electron chi connectivity index (χ0n) is 10.5. The normalized spacial score (nSPS) is 10.3. The maximum absolute atomic E-state index is 11.2. The van der Waals surface area contributed by atoms with Crippen molar-refractivity contribution in [1.29, 1.82) is 0 Å². The lowest BCUT2D eigenvalue weighted by molar-refractivity contribution is -0.140. The van der Waals surface area contributed by atoms with Crippen LogP contribution in [0, 0.1) is 0 Å². The van der Waals surface area contributed by atoms with E-state index < -0.39 is 5.97 Å². The topological polar surface area (TPSA) is 52.6 Å². The molecule has 1 aromatic carbocycles. The summed E-state index contributed by atoms with van der Waals surface area (Å²) in [6, 6.07) is 7.32. The van der Waals surface area contributed by atoms with Gasteiger partial charge in [-0.3, -0.25) is 4.79 Å². The molecule has 0 aliphatic carbocycles. The Balaban J connectivity index is 2.82. The highest BCUT2D eigenvalue weighted by atomic mass is 16.5. The summed E-state index contributed by atoms with van der Waals surface area (Å²) in [6.07, 6.45) is 3.16. The van der Waals surface area contributed by atoms with E-state index in [1.807, 2.05) is 24.3 Å². The van der Waals surface area contributed by atoms with Crippen molar-refractivity contribution in [1.82, 2.24) is 0 Å². The van der Waals surface area contributed by atoms with Crippen LogP contribution in [0.25, 0.3) is 6.08 Å². The average Bonchev–Trinajstić information content (AvgIpc) is 2.38. The third kappa shape index (κ3) is 4.41. The second-order valence-corrected chi connectivity index (χ2v) is 3.54. The van der Waals surface area contributed by atoms with Crippen molar-refractivity contribution < 1.29 is 19.1 Å². The van der Waals surface area contributed by atoms with Crippen LogP contribution in [0.3, 0.4) is 0 Å². The van der Waals surface area contributed by atoms with E-state index in [1.54, 1.807) is 13.0 Å². The summed E-state index contributed by atoms with van der Waals surface area (Å²) in [6.45, 7) is 2.09. The second-order valence-electron chi connectivity index (χ2n) is 3.54. The third-order valence-corrected chi connectivity index (χ3v) is 2.30. The number of carbonyl (C=O) groups is 2. The van der Waals surface area contributed by atoms with E-state index in [1.165, 1.54) is 13.2 Å². The van der Waals surface area contributed by atoms with Gasteiger partial charge >= 0.3 is 11.9 Å². The number of hydrogen-bond donors (Lipinski definition) is 0. The molecule has 0 aliphatic rings. The predicted molar refractivity (Wildman–Crippen MR) is 67.8 cm³/mol.